The van der Waals surface area contributed by atoms with E-state index >= 15 is 0 Å². The summed E-state index contributed by atoms with van der Waals surface area (Å²) in [4.78, 5) is 30.1. The summed E-state index contributed by atoms with van der Waals surface area (Å²) in [6, 6.07) is -0.916. The molecule has 0 aromatic carbocycles. The van der Waals surface area contributed by atoms with Gasteiger partial charge in [-0.2, -0.15) is 0 Å². The highest BCUT2D eigenvalue weighted by Gasteiger charge is 2.20. The molecule has 1 aromatic heterocycles. The van der Waals surface area contributed by atoms with E-state index in [9.17, 15) is 14.7 Å². The minimum Gasteiger partial charge on any atom is -0.480 e. The third-order valence-electron chi connectivity index (χ3n) is 5.28. The Balaban J connectivity index is 1.96. The van der Waals surface area contributed by atoms with Crippen molar-refractivity contribution in [2.45, 2.75) is 109 Å². The molecule has 0 saturated carbocycles. The largest absolute Gasteiger partial charge is 0.480 e. The minimum absolute atomic E-state index is 0.195. The number of rotatable bonds is 19. The highest BCUT2D eigenvalue weighted by Crippen LogP contribution is 2.10. The van der Waals surface area contributed by atoms with Gasteiger partial charge in [0, 0.05) is 24.7 Å². The molecule has 0 spiro atoms. The molecule has 6 nitrogen and oxygen atoms in total. The van der Waals surface area contributed by atoms with Gasteiger partial charge in [0.05, 0.1) is 6.33 Å². The standard InChI is InChI=1S/C24H41N3O3/c1-2-3-4-5-6-7-8-9-10-11-12-13-14-15-16-17-23(28)27-22(24(29)30)18-21-19-25-20-26-21/h9-10,19-20,22H,2-8,11-18H2,1H3,(H,25,26)(H,27,28)(H,29,30)/b10-9-/t22-/m1/s1. The third-order valence-corrected chi connectivity index (χ3v) is 5.28. The summed E-state index contributed by atoms with van der Waals surface area (Å²) in [5.41, 5.74) is 0.698. The van der Waals surface area contributed by atoms with Crippen LogP contribution in [0.4, 0.5) is 0 Å². The van der Waals surface area contributed by atoms with E-state index in [-0.39, 0.29) is 12.3 Å². The summed E-state index contributed by atoms with van der Waals surface area (Å²) >= 11 is 0. The first kappa shape index (κ1) is 25.9. The lowest BCUT2D eigenvalue weighted by atomic mass is 10.1. The number of hydrogen-bond acceptors (Lipinski definition) is 3. The number of imidazole rings is 1. The van der Waals surface area contributed by atoms with Gasteiger partial charge in [-0.05, 0) is 32.1 Å². The number of H-pyrrole nitrogens is 1. The number of carboxylic acids is 1. The first-order chi connectivity index (χ1) is 14.6. The van der Waals surface area contributed by atoms with Crippen LogP contribution in [-0.2, 0) is 16.0 Å². The number of unbranched alkanes of at least 4 members (excludes halogenated alkanes) is 11. The summed E-state index contributed by atoms with van der Waals surface area (Å²) in [5.74, 6) is -1.22. The SMILES string of the molecule is CCCCCCCC/C=C\CCCCCCCC(=O)N[C@H](Cc1cnc[nH]1)C(=O)O. The molecule has 0 aliphatic rings. The van der Waals surface area contributed by atoms with Gasteiger partial charge in [0.25, 0.3) is 0 Å². The lowest BCUT2D eigenvalue weighted by molar-refractivity contribution is -0.141. The number of aromatic amines is 1. The summed E-state index contributed by atoms with van der Waals surface area (Å²) < 4.78 is 0. The molecular weight excluding hydrogens is 378 g/mol. The Bertz CT molecular complexity index is 585. The molecule has 1 amide bonds. The number of carboxylic acid groups (broad SMARTS) is 1. The first-order valence-corrected chi connectivity index (χ1v) is 11.8. The Kier molecular flexibility index (Phi) is 15.3. The van der Waals surface area contributed by atoms with Crippen molar-refractivity contribution in [2.75, 3.05) is 0 Å². The van der Waals surface area contributed by atoms with Crippen molar-refractivity contribution in [3.05, 3.63) is 30.4 Å². The second-order valence-electron chi connectivity index (χ2n) is 8.07. The molecule has 0 bridgehead atoms. The van der Waals surface area contributed by atoms with Gasteiger partial charge in [0.1, 0.15) is 6.04 Å². The summed E-state index contributed by atoms with van der Waals surface area (Å²) in [6.07, 6.45) is 24.1. The van der Waals surface area contributed by atoms with Crippen molar-refractivity contribution in [1.82, 2.24) is 15.3 Å². The van der Waals surface area contributed by atoms with Gasteiger partial charge in [0.15, 0.2) is 0 Å². The Morgan fingerprint density at radius 3 is 2.17 bits per heavy atom. The van der Waals surface area contributed by atoms with Crippen LogP contribution in [0, 0.1) is 0 Å². The van der Waals surface area contributed by atoms with Crippen LogP contribution in [-0.4, -0.2) is 33.0 Å². The fraction of sp³-hybridized carbons (Fsp3) is 0.708. The number of hydrogen-bond donors (Lipinski definition) is 3. The molecule has 1 heterocycles. The van der Waals surface area contributed by atoms with Crippen LogP contribution in [0.5, 0.6) is 0 Å². The van der Waals surface area contributed by atoms with E-state index in [1.807, 2.05) is 0 Å². The van der Waals surface area contributed by atoms with E-state index in [4.69, 9.17) is 0 Å². The van der Waals surface area contributed by atoms with Gasteiger partial charge in [-0.3, -0.25) is 4.79 Å². The van der Waals surface area contributed by atoms with Gasteiger partial charge in [-0.15, -0.1) is 0 Å². The van der Waals surface area contributed by atoms with Crippen molar-refractivity contribution in [2.24, 2.45) is 0 Å². The molecule has 0 aliphatic heterocycles. The zero-order valence-corrected chi connectivity index (χ0v) is 18.7. The molecule has 1 atom stereocenters. The summed E-state index contributed by atoms with van der Waals surface area (Å²) in [5, 5.41) is 11.9. The second-order valence-corrected chi connectivity index (χ2v) is 8.07. The van der Waals surface area contributed by atoms with Crippen molar-refractivity contribution in [3.63, 3.8) is 0 Å². The molecule has 3 N–H and O–H groups in total. The van der Waals surface area contributed by atoms with Gasteiger partial charge in [-0.1, -0.05) is 70.4 Å². The molecule has 0 aliphatic carbocycles. The Labute approximate surface area is 182 Å². The van der Waals surface area contributed by atoms with Gasteiger partial charge in [-0.25, -0.2) is 9.78 Å². The van der Waals surface area contributed by atoms with Gasteiger partial charge < -0.3 is 15.4 Å². The smallest absolute Gasteiger partial charge is 0.326 e. The molecule has 170 valence electrons. The predicted molar refractivity (Wildman–Crippen MR) is 121 cm³/mol. The molecule has 1 aromatic rings. The van der Waals surface area contributed by atoms with Crippen LogP contribution < -0.4 is 5.32 Å². The van der Waals surface area contributed by atoms with E-state index in [1.54, 1.807) is 6.20 Å². The molecular formula is C24H41N3O3. The van der Waals surface area contributed by atoms with Crippen molar-refractivity contribution < 1.29 is 14.7 Å². The van der Waals surface area contributed by atoms with Crippen molar-refractivity contribution in [3.8, 4) is 0 Å². The maximum Gasteiger partial charge on any atom is 0.326 e. The minimum atomic E-state index is -1.03. The monoisotopic (exact) mass is 419 g/mol. The molecule has 6 heteroatoms. The van der Waals surface area contributed by atoms with Crippen LogP contribution >= 0.6 is 0 Å². The maximum atomic E-state index is 12.0. The molecule has 0 saturated heterocycles. The highest BCUT2D eigenvalue weighted by molar-refractivity contribution is 5.83. The van der Waals surface area contributed by atoms with Crippen LogP contribution in [0.1, 0.15) is 103 Å². The number of nitrogens with zero attached hydrogens (tertiary/aromatic N) is 1. The maximum absolute atomic E-state index is 12.0. The zero-order chi connectivity index (χ0) is 21.9. The topological polar surface area (TPSA) is 95.1 Å². The van der Waals surface area contributed by atoms with E-state index in [0.29, 0.717) is 12.1 Å². The summed E-state index contributed by atoms with van der Waals surface area (Å²) in [6.45, 7) is 2.25. The van der Waals surface area contributed by atoms with E-state index in [1.165, 1.54) is 64.1 Å². The van der Waals surface area contributed by atoms with Crippen LogP contribution in [0.25, 0.3) is 0 Å². The van der Waals surface area contributed by atoms with E-state index in [2.05, 4.69) is 34.4 Å². The third kappa shape index (κ3) is 14.0. The quantitative estimate of drug-likeness (QED) is 0.202. The fourth-order valence-corrected chi connectivity index (χ4v) is 3.44. The number of carbonyl (C=O) groups excluding carboxylic acids is 1. The fourth-order valence-electron chi connectivity index (χ4n) is 3.44. The number of aromatic nitrogens is 2. The van der Waals surface area contributed by atoms with Crippen LogP contribution in [0.2, 0.25) is 0 Å². The molecule has 0 radical (unpaired) electrons. The highest BCUT2D eigenvalue weighted by atomic mass is 16.4. The van der Waals surface area contributed by atoms with Crippen molar-refractivity contribution in [1.29, 1.82) is 0 Å². The predicted octanol–water partition coefficient (Wildman–Crippen LogP) is 5.56. The number of amides is 1. The molecule has 0 fully saturated rings. The first-order valence-electron chi connectivity index (χ1n) is 11.8. The van der Waals surface area contributed by atoms with Crippen molar-refractivity contribution >= 4 is 11.9 Å². The molecule has 1 rings (SSSR count). The van der Waals surface area contributed by atoms with E-state index < -0.39 is 12.0 Å². The molecule has 30 heavy (non-hydrogen) atoms. The average Bonchev–Trinajstić information content (AvgIpc) is 3.23. The lowest BCUT2D eigenvalue weighted by Gasteiger charge is -2.13. The normalized spacial score (nSPS) is 12.3. The van der Waals surface area contributed by atoms with Crippen LogP contribution in [0.15, 0.2) is 24.7 Å². The van der Waals surface area contributed by atoms with E-state index in [0.717, 1.165) is 25.7 Å². The number of aliphatic carboxylic acids is 1. The Morgan fingerprint density at radius 1 is 1.00 bits per heavy atom. The number of carbonyl (C=O) groups is 2. The van der Waals surface area contributed by atoms with Crippen LogP contribution in [0.3, 0.4) is 0 Å². The lowest BCUT2D eigenvalue weighted by Crippen LogP contribution is -2.42. The molecule has 0 unspecified atom stereocenters. The number of allylic oxidation sites excluding steroid dienone is 2. The Morgan fingerprint density at radius 2 is 1.60 bits per heavy atom. The average molecular weight is 420 g/mol. The summed E-state index contributed by atoms with van der Waals surface area (Å²) in [7, 11) is 0. The second kappa shape index (κ2) is 17.7. The zero-order valence-electron chi connectivity index (χ0n) is 18.7. The van der Waals surface area contributed by atoms with Gasteiger partial charge >= 0.3 is 5.97 Å². The van der Waals surface area contributed by atoms with Gasteiger partial charge in [0.2, 0.25) is 5.91 Å². The Hall–Kier alpha value is -2.11. The number of nitrogens with one attached hydrogen (secondary N) is 2.